The van der Waals surface area contributed by atoms with Crippen molar-refractivity contribution in [3.05, 3.63) is 24.3 Å². The van der Waals surface area contributed by atoms with E-state index in [1.807, 2.05) is 19.1 Å². The highest BCUT2D eigenvalue weighted by molar-refractivity contribution is 6.01. The number of hydrogen-bond acceptors (Lipinski definition) is 4. The van der Waals surface area contributed by atoms with Crippen LogP contribution in [0.3, 0.4) is 0 Å². The fraction of sp³-hybridized carbons (Fsp3) is 0.500. The predicted molar refractivity (Wildman–Crippen MR) is 90.4 cm³/mol. The van der Waals surface area contributed by atoms with Crippen molar-refractivity contribution in [3.8, 4) is 5.75 Å². The zero-order chi connectivity index (χ0) is 18.0. The summed E-state index contributed by atoms with van der Waals surface area (Å²) < 4.78 is 5.56. The number of hydrogen-bond donors (Lipinski definition) is 2. The molecule has 3 rings (SSSR count). The van der Waals surface area contributed by atoms with Crippen LogP contribution in [-0.2, 0) is 14.4 Å². The molecule has 2 aliphatic rings. The Morgan fingerprint density at radius 3 is 2.72 bits per heavy atom. The standard InChI is InChI=1S/C18H22N2O5/c1-2-25-14-6-4-3-5-13(14)20-10-12(9-15(20)21)16(22)19-11-18(7-8-18)17(23)24/h3-6,12H,2,7-11H2,1H3,(H,19,22)(H,23,24). The van der Waals surface area contributed by atoms with E-state index in [4.69, 9.17) is 9.84 Å². The van der Waals surface area contributed by atoms with Gasteiger partial charge >= 0.3 is 5.97 Å². The first kappa shape index (κ1) is 17.3. The van der Waals surface area contributed by atoms with Gasteiger partial charge in [0.2, 0.25) is 11.8 Å². The Balaban J connectivity index is 1.64. The molecule has 1 saturated carbocycles. The van der Waals surface area contributed by atoms with Crippen molar-refractivity contribution >= 4 is 23.5 Å². The lowest BCUT2D eigenvalue weighted by atomic mass is 10.1. The van der Waals surface area contributed by atoms with E-state index in [1.54, 1.807) is 17.0 Å². The minimum absolute atomic E-state index is 0.117. The van der Waals surface area contributed by atoms with Crippen molar-refractivity contribution < 1.29 is 24.2 Å². The first-order valence-corrected chi connectivity index (χ1v) is 8.50. The Kier molecular flexibility index (Phi) is 4.65. The fourth-order valence-corrected chi connectivity index (χ4v) is 3.09. The fourth-order valence-electron chi connectivity index (χ4n) is 3.09. The number of carboxylic acid groups (broad SMARTS) is 1. The van der Waals surface area contributed by atoms with Gasteiger partial charge < -0.3 is 20.1 Å². The largest absolute Gasteiger partial charge is 0.492 e. The van der Waals surface area contributed by atoms with Crippen LogP contribution in [0.1, 0.15) is 26.2 Å². The van der Waals surface area contributed by atoms with Crippen LogP contribution in [0.2, 0.25) is 0 Å². The molecule has 134 valence electrons. The molecular formula is C18H22N2O5. The summed E-state index contributed by atoms with van der Waals surface area (Å²) in [6, 6.07) is 7.25. The van der Waals surface area contributed by atoms with E-state index in [0.717, 1.165) is 0 Å². The summed E-state index contributed by atoms with van der Waals surface area (Å²) in [5.74, 6) is -1.14. The lowest BCUT2D eigenvalue weighted by Crippen LogP contribution is -2.38. The molecule has 1 aromatic carbocycles. The molecule has 1 heterocycles. The summed E-state index contributed by atoms with van der Waals surface area (Å²) in [6.45, 7) is 2.76. The molecule has 0 spiro atoms. The quantitative estimate of drug-likeness (QED) is 0.778. The number of carboxylic acids is 1. The number of nitrogens with zero attached hydrogens (tertiary/aromatic N) is 1. The number of ether oxygens (including phenoxy) is 1. The van der Waals surface area contributed by atoms with Gasteiger partial charge in [0.15, 0.2) is 0 Å². The molecule has 0 aromatic heterocycles. The smallest absolute Gasteiger partial charge is 0.311 e. The predicted octanol–water partition coefficient (Wildman–Crippen LogP) is 1.42. The number of benzene rings is 1. The molecule has 0 radical (unpaired) electrons. The summed E-state index contributed by atoms with van der Waals surface area (Å²) in [6.07, 6.45) is 1.28. The first-order chi connectivity index (χ1) is 12.0. The number of amides is 2. The topological polar surface area (TPSA) is 95.9 Å². The van der Waals surface area contributed by atoms with Crippen LogP contribution in [0.25, 0.3) is 0 Å². The number of nitrogens with one attached hydrogen (secondary N) is 1. The van der Waals surface area contributed by atoms with Crippen LogP contribution in [0.4, 0.5) is 5.69 Å². The average molecular weight is 346 g/mol. The van der Waals surface area contributed by atoms with E-state index < -0.39 is 17.3 Å². The Morgan fingerprint density at radius 1 is 1.36 bits per heavy atom. The minimum Gasteiger partial charge on any atom is -0.492 e. The summed E-state index contributed by atoms with van der Waals surface area (Å²) in [7, 11) is 0. The maximum Gasteiger partial charge on any atom is 0.311 e. The monoisotopic (exact) mass is 346 g/mol. The summed E-state index contributed by atoms with van der Waals surface area (Å²) in [5.41, 5.74) is -0.145. The second kappa shape index (κ2) is 6.74. The van der Waals surface area contributed by atoms with Crippen molar-refractivity contribution in [1.29, 1.82) is 0 Å². The molecule has 1 aromatic rings. The molecule has 2 fully saturated rings. The summed E-state index contributed by atoms with van der Waals surface area (Å²) in [5, 5.41) is 11.9. The van der Waals surface area contributed by atoms with Crippen molar-refractivity contribution in [2.24, 2.45) is 11.3 Å². The molecule has 1 aliphatic carbocycles. The van der Waals surface area contributed by atoms with Crippen molar-refractivity contribution in [2.75, 3.05) is 24.6 Å². The number of anilines is 1. The molecule has 7 heteroatoms. The van der Waals surface area contributed by atoms with E-state index in [2.05, 4.69) is 5.32 Å². The molecule has 2 N–H and O–H groups in total. The van der Waals surface area contributed by atoms with Crippen LogP contribution in [0.5, 0.6) is 5.75 Å². The number of aliphatic carboxylic acids is 1. The Morgan fingerprint density at radius 2 is 2.08 bits per heavy atom. The Hall–Kier alpha value is -2.57. The molecule has 0 bridgehead atoms. The molecule has 2 amide bonds. The molecule has 1 atom stereocenters. The van der Waals surface area contributed by atoms with Crippen LogP contribution in [0, 0.1) is 11.3 Å². The van der Waals surface area contributed by atoms with Gasteiger partial charge in [-0.05, 0) is 31.9 Å². The van der Waals surface area contributed by atoms with E-state index in [1.165, 1.54) is 0 Å². The highest BCUT2D eigenvalue weighted by Crippen LogP contribution is 2.45. The van der Waals surface area contributed by atoms with Gasteiger partial charge in [0, 0.05) is 19.5 Å². The third-order valence-electron chi connectivity index (χ3n) is 4.86. The number of para-hydroxylation sites is 2. The van der Waals surface area contributed by atoms with Crippen molar-refractivity contribution in [1.82, 2.24) is 5.32 Å². The molecule has 1 unspecified atom stereocenters. The summed E-state index contributed by atoms with van der Waals surface area (Å²) >= 11 is 0. The second-order valence-electron chi connectivity index (χ2n) is 6.61. The van der Waals surface area contributed by atoms with Gasteiger partial charge in [-0.3, -0.25) is 14.4 Å². The number of carbonyl (C=O) groups is 3. The normalized spacial score (nSPS) is 21.1. The van der Waals surface area contributed by atoms with E-state index in [-0.39, 0.29) is 31.3 Å². The van der Waals surface area contributed by atoms with Gasteiger partial charge in [0.25, 0.3) is 0 Å². The molecule has 7 nitrogen and oxygen atoms in total. The van der Waals surface area contributed by atoms with Gasteiger partial charge in [-0.1, -0.05) is 12.1 Å². The first-order valence-electron chi connectivity index (χ1n) is 8.50. The van der Waals surface area contributed by atoms with E-state index >= 15 is 0 Å². The van der Waals surface area contributed by atoms with Gasteiger partial charge in [-0.25, -0.2) is 0 Å². The lowest BCUT2D eigenvalue weighted by Gasteiger charge is -2.20. The van der Waals surface area contributed by atoms with E-state index in [0.29, 0.717) is 30.9 Å². The van der Waals surface area contributed by atoms with Gasteiger partial charge in [0.05, 0.1) is 23.6 Å². The third kappa shape index (κ3) is 3.45. The zero-order valence-electron chi connectivity index (χ0n) is 14.2. The molecule has 1 aliphatic heterocycles. The highest BCUT2D eigenvalue weighted by Gasteiger charge is 2.50. The van der Waals surface area contributed by atoms with E-state index in [9.17, 15) is 14.4 Å². The maximum atomic E-state index is 12.4. The van der Waals surface area contributed by atoms with Crippen molar-refractivity contribution in [2.45, 2.75) is 26.2 Å². The van der Waals surface area contributed by atoms with Crippen LogP contribution in [0.15, 0.2) is 24.3 Å². The Bertz CT molecular complexity index is 698. The molecule has 25 heavy (non-hydrogen) atoms. The van der Waals surface area contributed by atoms with Crippen LogP contribution < -0.4 is 15.0 Å². The Labute approximate surface area is 146 Å². The minimum atomic E-state index is -0.873. The molecule has 1 saturated heterocycles. The van der Waals surface area contributed by atoms with Crippen LogP contribution in [-0.4, -0.2) is 42.6 Å². The zero-order valence-corrected chi connectivity index (χ0v) is 14.2. The van der Waals surface area contributed by atoms with Gasteiger partial charge in [-0.15, -0.1) is 0 Å². The van der Waals surface area contributed by atoms with Gasteiger partial charge in [0.1, 0.15) is 5.75 Å². The average Bonchev–Trinajstić information content (AvgIpc) is 3.30. The highest BCUT2D eigenvalue weighted by atomic mass is 16.5. The summed E-state index contributed by atoms with van der Waals surface area (Å²) in [4.78, 5) is 37.5. The van der Waals surface area contributed by atoms with Crippen molar-refractivity contribution in [3.63, 3.8) is 0 Å². The van der Waals surface area contributed by atoms with Crippen LogP contribution >= 0.6 is 0 Å². The lowest BCUT2D eigenvalue weighted by molar-refractivity contribution is -0.143. The second-order valence-corrected chi connectivity index (χ2v) is 6.61. The third-order valence-corrected chi connectivity index (χ3v) is 4.86. The SMILES string of the molecule is CCOc1ccccc1N1CC(C(=O)NCC2(C(=O)O)CC2)CC1=O. The maximum absolute atomic E-state index is 12.4. The van der Waals surface area contributed by atoms with Gasteiger partial charge in [-0.2, -0.15) is 0 Å². The number of rotatable bonds is 7. The molecular weight excluding hydrogens is 324 g/mol. The number of carbonyl (C=O) groups excluding carboxylic acids is 2.